The number of rotatable bonds is 5. The van der Waals surface area contributed by atoms with Gasteiger partial charge < -0.3 is 10.1 Å². The van der Waals surface area contributed by atoms with Crippen molar-refractivity contribution in [3.05, 3.63) is 35.9 Å². The van der Waals surface area contributed by atoms with Crippen molar-refractivity contribution in [3.8, 4) is 0 Å². The summed E-state index contributed by atoms with van der Waals surface area (Å²) in [5, 5.41) is 2.57. The standard InChI is InChI=1S/C13H14FNO3/c1-18-13(17)7-6-10-4-2-3-5-11(10)15-12(16)8-9-14/h2-7H,8-9H2,1H3,(H,15,16)/b7-6+. The van der Waals surface area contributed by atoms with Crippen molar-refractivity contribution in [2.24, 2.45) is 0 Å². The van der Waals surface area contributed by atoms with E-state index < -0.39 is 18.6 Å². The van der Waals surface area contributed by atoms with Crippen LogP contribution in [0.2, 0.25) is 0 Å². The number of anilines is 1. The van der Waals surface area contributed by atoms with Crippen LogP contribution in [0.5, 0.6) is 0 Å². The van der Waals surface area contributed by atoms with Crippen LogP contribution in [-0.2, 0) is 14.3 Å². The van der Waals surface area contributed by atoms with Crippen LogP contribution in [-0.4, -0.2) is 25.7 Å². The quantitative estimate of drug-likeness (QED) is 0.644. The van der Waals surface area contributed by atoms with E-state index in [9.17, 15) is 14.0 Å². The molecular formula is C13H14FNO3. The number of methoxy groups -OCH3 is 1. The van der Waals surface area contributed by atoms with Crippen molar-refractivity contribution < 1.29 is 18.7 Å². The molecule has 1 aromatic rings. The maximum atomic E-state index is 12.0. The second-order valence-electron chi connectivity index (χ2n) is 3.43. The minimum Gasteiger partial charge on any atom is -0.466 e. The van der Waals surface area contributed by atoms with Gasteiger partial charge in [-0.1, -0.05) is 18.2 Å². The summed E-state index contributed by atoms with van der Waals surface area (Å²) in [5.41, 5.74) is 1.17. The topological polar surface area (TPSA) is 55.4 Å². The fourth-order valence-corrected chi connectivity index (χ4v) is 1.28. The van der Waals surface area contributed by atoms with Crippen molar-refractivity contribution in [2.75, 3.05) is 19.1 Å². The summed E-state index contributed by atoms with van der Waals surface area (Å²) in [6, 6.07) is 6.90. The molecule has 0 aliphatic heterocycles. The number of para-hydroxylation sites is 1. The monoisotopic (exact) mass is 251 g/mol. The first-order valence-electron chi connectivity index (χ1n) is 5.38. The van der Waals surface area contributed by atoms with E-state index in [0.29, 0.717) is 11.3 Å². The number of hydrogen-bond acceptors (Lipinski definition) is 3. The summed E-state index contributed by atoms with van der Waals surface area (Å²) in [7, 11) is 1.28. The molecular weight excluding hydrogens is 237 g/mol. The van der Waals surface area contributed by atoms with Gasteiger partial charge in [0.1, 0.15) is 0 Å². The number of carbonyl (C=O) groups is 2. The predicted molar refractivity (Wildman–Crippen MR) is 66.7 cm³/mol. The van der Waals surface area contributed by atoms with Crippen LogP contribution in [0.25, 0.3) is 6.08 Å². The van der Waals surface area contributed by atoms with Crippen LogP contribution in [0.4, 0.5) is 10.1 Å². The zero-order valence-electron chi connectivity index (χ0n) is 9.98. The smallest absolute Gasteiger partial charge is 0.330 e. The lowest BCUT2D eigenvalue weighted by Crippen LogP contribution is -2.12. The summed E-state index contributed by atoms with van der Waals surface area (Å²) in [5.74, 6) is -0.892. The highest BCUT2D eigenvalue weighted by Crippen LogP contribution is 2.16. The van der Waals surface area contributed by atoms with Crippen molar-refractivity contribution in [1.82, 2.24) is 0 Å². The molecule has 1 rings (SSSR count). The first-order valence-corrected chi connectivity index (χ1v) is 5.38. The lowest BCUT2D eigenvalue weighted by Gasteiger charge is -2.07. The van der Waals surface area contributed by atoms with Gasteiger partial charge in [0, 0.05) is 11.8 Å². The summed E-state index contributed by atoms with van der Waals surface area (Å²) in [6.45, 7) is -0.702. The number of hydrogen-bond donors (Lipinski definition) is 1. The zero-order chi connectivity index (χ0) is 13.4. The van der Waals surface area contributed by atoms with E-state index in [1.807, 2.05) is 0 Å². The van der Waals surface area contributed by atoms with Crippen LogP contribution in [0.3, 0.4) is 0 Å². The number of esters is 1. The Bertz CT molecular complexity index is 457. The maximum Gasteiger partial charge on any atom is 0.330 e. The molecule has 5 heteroatoms. The zero-order valence-corrected chi connectivity index (χ0v) is 9.98. The number of amides is 1. The Morgan fingerprint density at radius 3 is 2.78 bits per heavy atom. The van der Waals surface area contributed by atoms with Crippen LogP contribution < -0.4 is 5.32 Å². The molecule has 1 aromatic carbocycles. The average Bonchev–Trinajstić information content (AvgIpc) is 2.37. The van der Waals surface area contributed by atoms with Gasteiger partial charge in [-0.25, -0.2) is 4.79 Å². The molecule has 0 saturated heterocycles. The van der Waals surface area contributed by atoms with Gasteiger partial charge >= 0.3 is 5.97 Å². The van der Waals surface area contributed by atoms with Gasteiger partial charge in [0.2, 0.25) is 5.91 Å². The van der Waals surface area contributed by atoms with Gasteiger partial charge in [-0.05, 0) is 17.7 Å². The van der Waals surface area contributed by atoms with Crippen LogP contribution in [0, 0.1) is 0 Å². The van der Waals surface area contributed by atoms with E-state index in [0.717, 1.165) is 0 Å². The molecule has 18 heavy (non-hydrogen) atoms. The van der Waals surface area contributed by atoms with Crippen molar-refractivity contribution >= 4 is 23.6 Å². The molecule has 0 atom stereocenters. The second kappa shape index (κ2) is 7.21. The lowest BCUT2D eigenvalue weighted by atomic mass is 10.1. The highest BCUT2D eigenvalue weighted by Gasteiger charge is 2.04. The molecule has 0 heterocycles. The molecule has 0 bridgehead atoms. The predicted octanol–water partition coefficient (Wildman–Crippen LogP) is 2.17. The number of halogens is 1. The van der Waals surface area contributed by atoms with E-state index in [1.165, 1.54) is 19.3 Å². The number of alkyl halides is 1. The highest BCUT2D eigenvalue weighted by molar-refractivity contribution is 5.94. The van der Waals surface area contributed by atoms with E-state index in [2.05, 4.69) is 10.1 Å². The Labute approximate surface area is 104 Å². The van der Waals surface area contributed by atoms with E-state index >= 15 is 0 Å². The number of nitrogens with one attached hydrogen (secondary N) is 1. The molecule has 0 unspecified atom stereocenters. The van der Waals surface area contributed by atoms with Crippen molar-refractivity contribution in [2.45, 2.75) is 6.42 Å². The average molecular weight is 251 g/mol. The fourth-order valence-electron chi connectivity index (χ4n) is 1.28. The largest absolute Gasteiger partial charge is 0.466 e. The molecule has 0 aromatic heterocycles. The summed E-state index contributed by atoms with van der Waals surface area (Å²) >= 11 is 0. The fraction of sp³-hybridized carbons (Fsp3) is 0.231. The molecule has 0 aliphatic rings. The maximum absolute atomic E-state index is 12.0. The number of carbonyl (C=O) groups excluding carboxylic acids is 2. The molecule has 0 aliphatic carbocycles. The Morgan fingerprint density at radius 2 is 2.11 bits per heavy atom. The van der Waals surface area contributed by atoms with Crippen LogP contribution in [0.1, 0.15) is 12.0 Å². The van der Waals surface area contributed by atoms with Crippen LogP contribution >= 0.6 is 0 Å². The Kier molecular flexibility index (Phi) is 5.57. The van der Waals surface area contributed by atoms with Crippen molar-refractivity contribution in [3.63, 3.8) is 0 Å². The summed E-state index contributed by atoms with van der Waals surface area (Å²) in [6.07, 6.45) is 2.59. The first-order chi connectivity index (χ1) is 8.67. The first kappa shape index (κ1) is 13.9. The van der Waals surface area contributed by atoms with E-state index in [-0.39, 0.29) is 6.42 Å². The second-order valence-corrected chi connectivity index (χ2v) is 3.43. The third-order valence-corrected chi connectivity index (χ3v) is 2.16. The summed E-state index contributed by atoms with van der Waals surface area (Å²) in [4.78, 5) is 22.3. The van der Waals surface area contributed by atoms with Gasteiger partial charge in [0.25, 0.3) is 0 Å². The molecule has 4 nitrogen and oxygen atoms in total. The molecule has 0 saturated carbocycles. The number of ether oxygens (including phenoxy) is 1. The highest BCUT2D eigenvalue weighted by atomic mass is 19.1. The normalized spacial score (nSPS) is 10.3. The molecule has 0 radical (unpaired) electrons. The van der Waals surface area contributed by atoms with E-state index in [4.69, 9.17) is 0 Å². The molecule has 0 fully saturated rings. The van der Waals surface area contributed by atoms with Gasteiger partial charge in [-0.15, -0.1) is 0 Å². The molecule has 1 N–H and O–H groups in total. The SMILES string of the molecule is COC(=O)/C=C/c1ccccc1NC(=O)CCF. The Balaban J connectivity index is 2.82. The van der Waals surface area contributed by atoms with Crippen LogP contribution in [0.15, 0.2) is 30.3 Å². The Hall–Kier alpha value is -2.17. The third kappa shape index (κ3) is 4.37. The molecule has 1 amide bonds. The third-order valence-electron chi connectivity index (χ3n) is 2.16. The minimum absolute atomic E-state index is 0.185. The van der Waals surface area contributed by atoms with Gasteiger partial charge in [0.15, 0.2) is 0 Å². The summed E-state index contributed by atoms with van der Waals surface area (Å²) < 4.78 is 16.5. The van der Waals surface area contributed by atoms with E-state index in [1.54, 1.807) is 24.3 Å². The van der Waals surface area contributed by atoms with Gasteiger partial charge in [-0.3, -0.25) is 9.18 Å². The van der Waals surface area contributed by atoms with Gasteiger partial charge in [-0.2, -0.15) is 0 Å². The number of benzene rings is 1. The van der Waals surface area contributed by atoms with Crippen molar-refractivity contribution in [1.29, 1.82) is 0 Å². The Morgan fingerprint density at radius 1 is 1.39 bits per heavy atom. The minimum atomic E-state index is -0.702. The molecule has 0 spiro atoms. The molecule has 96 valence electrons. The lowest BCUT2D eigenvalue weighted by molar-refractivity contribution is -0.134. The van der Waals surface area contributed by atoms with Gasteiger partial charge in [0.05, 0.1) is 20.2 Å².